The lowest BCUT2D eigenvalue weighted by Gasteiger charge is -2.04. The van der Waals surface area contributed by atoms with Gasteiger partial charge in [-0.3, -0.25) is 5.10 Å². The van der Waals surface area contributed by atoms with Crippen LogP contribution in [0.3, 0.4) is 0 Å². The van der Waals surface area contributed by atoms with Gasteiger partial charge in [0.25, 0.3) is 0 Å². The van der Waals surface area contributed by atoms with Crippen LogP contribution in [0.5, 0.6) is 11.5 Å². The standard InChI is InChI=1S/C16H9F3N2O2/c17-11-4-2-1-3-10(11)13-8-12(20-21-13)9-5-6-14-15(7-9)23-16(18,19)22-14/h1-8H,(H,20,21). The number of halogens is 3. The maximum Gasteiger partial charge on any atom is 0.586 e. The van der Waals surface area contributed by atoms with Gasteiger partial charge in [-0.05, 0) is 36.4 Å². The minimum Gasteiger partial charge on any atom is -0.395 e. The number of H-pyrrole nitrogens is 1. The predicted octanol–water partition coefficient (Wildman–Crippen LogP) is 4.20. The second-order valence-corrected chi connectivity index (χ2v) is 4.98. The maximum absolute atomic E-state index is 13.8. The summed E-state index contributed by atoms with van der Waals surface area (Å²) < 4.78 is 48.6. The molecule has 0 bridgehead atoms. The number of hydrogen-bond donors (Lipinski definition) is 1. The zero-order chi connectivity index (χ0) is 16.0. The van der Waals surface area contributed by atoms with E-state index in [-0.39, 0.29) is 17.3 Å². The van der Waals surface area contributed by atoms with Crippen molar-refractivity contribution >= 4 is 0 Å². The Labute approximate surface area is 128 Å². The van der Waals surface area contributed by atoms with Crippen molar-refractivity contribution in [1.29, 1.82) is 0 Å². The van der Waals surface area contributed by atoms with Gasteiger partial charge in [-0.2, -0.15) is 5.10 Å². The largest absolute Gasteiger partial charge is 0.586 e. The fourth-order valence-corrected chi connectivity index (χ4v) is 2.40. The molecule has 4 rings (SSSR count). The maximum atomic E-state index is 13.8. The van der Waals surface area contributed by atoms with E-state index in [1.807, 2.05) is 0 Å². The van der Waals surface area contributed by atoms with Crippen molar-refractivity contribution in [3.63, 3.8) is 0 Å². The Morgan fingerprint density at radius 3 is 2.57 bits per heavy atom. The lowest BCUT2D eigenvalue weighted by Crippen LogP contribution is -2.25. The second-order valence-electron chi connectivity index (χ2n) is 4.98. The molecule has 0 aliphatic carbocycles. The first kappa shape index (κ1) is 13.7. The molecule has 2 aromatic carbocycles. The highest BCUT2D eigenvalue weighted by molar-refractivity contribution is 5.70. The first-order valence-electron chi connectivity index (χ1n) is 6.72. The highest BCUT2D eigenvalue weighted by Gasteiger charge is 2.43. The number of aromatic amines is 1. The van der Waals surface area contributed by atoms with Gasteiger partial charge >= 0.3 is 6.29 Å². The van der Waals surface area contributed by atoms with E-state index in [0.717, 1.165) is 0 Å². The molecule has 1 aliphatic rings. The van der Waals surface area contributed by atoms with Crippen molar-refractivity contribution in [1.82, 2.24) is 10.2 Å². The number of fused-ring (bicyclic) bond motifs is 1. The van der Waals surface area contributed by atoms with Crippen LogP contribution in [-0.2, 0) is 0 Å². The molecule has 116 valence electrons. The molecule has 0 radical (unpaired) electrons. The second kappa shape index (κ2) is 4.77. The zero-order valence-corrected chi connectivity index (χ0v) is 11.5. The summed E-state index contributed by atoms with van der Waals surface area (Å²) in [4.78, 5) is 0. The van der Waals surface area contributed by atoms with Gasteiger partial charge in [0.1, 0.15) is 5.82 Å². The first-order chi connectivity index (χ1) is 11.0. The quantitative estimate of drug-likeness (QED) is 0.770. The van der Waals surface area contributed by atoms with E-state index >= 15 is 0 Å². The number of nitrogens with zero attached hydrogens (tertiary/aromatic N) is 1. The predicted molar refractivity (Wildman–Crippen MR) is 75.6 cm³/mol. The van der Waals surface area contributed by atoms with Crippen molar-refractivity contribution in [2.45, 2.75) is 6.29 Å². The minimum atomic E-state index is -3.66. The van der Waals surface area contributed by atoms with Gasteiger partial charge in [-0.1, -0.05) is 12.1 Å². The number of nitrogens with one attached hydrogen (secondary N) is 1. The van der Waals surface area contributed by atoms with E-state index < -0.39 is 6.29 Å². The summed E-state index contributed by atoms with van der Waals surface area (Å²) in [5.41, 5.74) is 1.88. The third-order valence-corrected chi connectivity index (χ3v) is 3.44. The highest BCUT2D eigenvalue weighted by Crippen LogP contribution is 2.42. The van der Waals surface area contributed by atoms with Crippen LogP contribution in [0.25, 0.3) is 22.5 Å². The number of ether oxygens (including phenoxy) is 2. The first-order valence-corrected chi connectivity index (χ1v) is 6.72. The van der Waals surface area contributed by atoms with Crippen LogP contribution >= 0.6 is 0 Å². The number of alkyl halides is 2. The summed E-state index contributed by atoms with van der Waals surface area (Å²) in [6, 6.07) is 12.3. The van der Waals surface area contributed by atoms with Crippen LogP contribution in [0.2, 0.25) is 0 Å². The fourth-order valence-electron chi connectivity index (χ4n) is 2.40. The molecule has 0 saturated carbocycles. The molecule has 7 heteroatoms. The third kappa shape index (κ3) is 2.40. The SMILES string of the molecule is Fc1ccccc1-c1cc(-c2ccc3c(c2)OC(F)(F)O3)n[nH]1. The molecule has 1 aromatic heterocycles. The smallest absolute Gasteiger partial charge is 0.395 e. The van der Waals surface area contributed by atoms with Crippen LogP contribution in [0.1, 0.15) is 0 Å². The Bertz CT molecular complexity index is 893. The van der Waals surface area contributed by atoms with Crippen LogP contribution in [0, 0.1) is 5.82 Å². The Morgan fingerprint density at radius 2 is 1.74 bits per heavy atom. The van der Waals surface area contributed by atoms with Gasteiger partial charge in [0.2, 0.25) is 0 Å². The molecule has 0 amide bonds. The summed E-state index contributed by atoms with van der Waals surface area (Å²) in [5.74, 6) is -0.486. The summed E-state index contributed by atoms with van der Waals surface area (Å²) in [7, 11) is 0. The van der Waals surface area contributed by atoms with Crippen molar-refractivity contribution in [2.24, 2.45) is 0 Å². The number of benzene rings is 2. The molecule has 0 saturated heterocycles. The van der Waals surface area contributed by atoms with Gasteiger partial charge in [0.15, 0.2) is 11.5 Å². The van der Waals surface area contributed by atoms with Gasteiger partial charge < -0.3 is 9.47 Å². The van der Waals surface area contributed by atoms with Crippen molar-refractivity contribution in [3.05, 3.63) is 54.3 Å². The molecule has 23 heavy (non-hydrogen) atoms. The van der Waals surface area contributed by atoms with Gasteiger partial charge in [-0.15, -0.1) is 8.78 Å². The highest BCUT2D eigenvalue weighted by atomic mass is 19.3. The summed E-state index contributed by atoms with van der Waals surface area (Å²) in [6.07, 6.45) is -3.66. The van der Waals surface area contributed by atoms with E-state index in [2.05, 4.69) is 19.7 Å². The number of rotatable bonds is 2. The van der Waals surface area contributed by atoms with Crippen molar-refractivity contribution in [3.8, 4) is 34.0 Å². The van der Waals surface area contributed by atoms with Crippen molar-refractivity contribution < 1.29 is 22.6 Å². The monoisotopic (exact) mass is 318 g/mol. The van der Waals surface area contributed by atoms with E-state index in [9.17, 15) is 13.2 Å². The minimum absolute atomic E-state index is 0.0383. The van der Waals surface area contributed by atoms with Gasteiger partial charge in [-0.25, -0.2) is 4.39 Å². The molecule has 2 heterocycles. The molecule has 1 aliphatic heterocycles. The van der Waals surface area contributed by atoms with E-state index in [4.69, 9.17) is 0 Å². The summed E-state index contributed by atoms with van der Waals surface area (Å²) >= 11 is 0. The van der Waals surface area contributed by atoms with E-state index in [0.29, 0.717) is 22.5 Å². The summed E-state index contributed by atoms with van der Waals surface area (Å²) in [5, 5.41) is 6.83. The summed E-state index contributed by atoms with van der Waals surface area (Å²) in [6.45, 7) is 0. The Kier molecular flexibility index (Phi) is 2.84. The molecular weight excluding hydrogens is 309 g/mol. The van der Waals surface area contributed by atoms with E-state index in [1.165, 1.54) is 18.2 Å². The van der Waals surface area contributed by atoms with Crippen LogP contribution < -0.4 is 9.47 Å². The molecule has 3 aromatic rings. The fraction of sp³-hybridized carbons (Fsp3) is 0.0625. The molecule has 4 nitrogen and oxygen atoms in total. The molecule has 0 spiro atoms. The van der Waals surface area contributed by atoms with Gasteiger partial charge in [0, 0.05) is 11.1 Å². The molecular formula is C16H9F3N2O2. The Hall–Kier alpha value is -2.96. The molecule has 0 fully saturated rings. The topological polar surface area (TPSA) is 47.1 Å². The Balaban J connectivity index is 1.70. The van der Waals surface area contributed by atoms with Crippen LogP contribution in [0.4, 0.5) is 13.2 Å². The Morgan fingerprint density at radius 1 is 0.957 bits per heavy atom. The molecule has 0 atom stereocenters. The lowest BCUT2D eigenvalue weighted by molar-refractivity contribution is -0.286. The average molecular weight is 318 g/mol. The number of hydrogen-bond acceptors (Lipinski definition) is 3. The third-order valence-electron chi connectivity index (χ3n) is 3.44. The normalized spacial score (nSPS) is 14.9. The lowest BCUT2D eigenvalue weighted by atomic mass is 10.1. The van der Waals surface area contributed by atoms with E-state index in [1.54, 1.807) is 30.3 Å². The van der Waals surface area contributed by atoms with Gasteiger partial charge in [0.05, 0.1) is 11.4 Å². The number of aromatic nitrogens is 2. The average Bonchev–Trinajstić information content (AvgIpc) is 3.09. The van der Waals surface area contributed by atoms with Crippen LogP contribution in [0.15, 0.2) is 48.5 Å². The molecule has 1 N–H and O–H groups in total. The van der Waals surface area contributed by atoms with Crippen LogP contribution in [-0.4, -0.2) is 16.5 Å². The molecule has 0 unspecified atom stereocenters. The zero-order valence-electron chi connectivity index (χ0n) is 11.5. The van der Waals surface area contributed by atoms with Crippen molar-refractivity contribution in [2.75, 3.05) is 0 Å².